The Bertz CT molecular complexity index is 1300. The summed E-state index contributed by atoms with van der Waals surface area (Å²) in [7, 11) is -7.63. The van der Waals surface area contributed by atoms with E-state index in [0.717, 1.165) is 11.7 Å². The van der Waals surface area contributed by atoms with E-state index in [1.165, 1.54) is 18.2 Å². The minimum atomic E-state index is -4.03. The Morgan fingerprint density at radius 2 is 1.76 bits per heavy atom. The monoisotopic (exact) mass is 511 g/mol. The van der Waals surface area contributed by atoms with Crippen LogP contribution >= 0.6 is 0 Å². The van der Waals surface area contributed by atoms with Crippen LogP contribution in [0.4, 0.5) is 11.4 Å². The average molecular weight is 512 g/mol. The van der Waals surface area contributed by atoms with Gasteiger partial charge in [0.2, 0.25) is 19.9 Å². The van der Waals surface area contributed by atoms with Gasteiger partial charge >= 0.3 is 0 Å². The first-order valence-corrected chi connectivity index (χ1v) is 14.3. The van der Waals surface area contributed by atoms with E-state index in [9.17, 15) is 26.7 Å². The molecule has 188 valence electrons. The number of amides is 1. The molecule has 0 unspecified atom stereocenters. The van der Waals surface area contributed by atoms with Gasteiger partial charge in [-0.3, -0.25) is 9.52 Å². The second-order valence-corrected chi connectivity index (χ2v) is 14.6. The number of sulfonamides is 1. The molecule has 0 saturated heterocycles. The summed E-state index contributed by atoms with van der Waals surface area (Å²) in [6.07, 6.45) is 1.67. The van der Waals surface area contributed by atoms with Crippen molar-refractivity contribution in [3.05, 3.63) is 40.6 Å². The molecular weight excluding hydrogens is 478 g/mol. The number of nitrogens with one attached hydrogen (secondary N) is 2. The van der Waals surface area contributed by atoms with Gasteiger partial charge in [0.15, 0.2) is 0 Å². The molecule has 9 nitrogen and oxygen atoms in total. The van der Waals surface area contributed by atoms with Crippen molar-refractivity contribution in [2.45, 2.75) is 58.9 Å². The summed E-state index contributed by atoms with van der Waals surface area (Å²) in [5.74, 6) is -0.603. The van der Waals surface area contributed by atoms with Crippen LogP contribution in [0.25, 0.3) is 0 Å². The van der Waals surface area contributed by atoms with Gasteiger partial charge in [0, 0.05) is 12.2 Å². The van der Waals surface area contributed by atoms with Crippen LogP contribution in [0.15, 0.2) is 45.5 Å². The maximum absolute atomic E-state index is 13.5. The normalized spacial score (nSPS) is 20.7. The number of anilines is 2. The third-order valence-electron chi connectivity index (χ3n) is 5.63. The molecule has 0 saturated carbocycles. The van der Waals surface area contributed by atoms with E-state index in [4.69, 9.17) is 0 Å². The predicted molar refractivity (Wildman–Crippen MR) is 132 cm³/mol. The third kappa shape index (κ3) is 5.41. The number of carbonyl (C=O) groups is 1. The van der Waals surface area contributed by atoms with E-state index in [1.807, 2.05) is 20.8 Å². The number of aliphatic hydroxyl groups excluding tert-OH is 1. The van der Waals surface area contributed by atoms with Crippen LogP contribution in [-0.2, 0) is 24.7 Å². The highest BCUT2D eigenvalue weighted by Crippen LogP contribution is 2.42. The molecule has 0 bridgehead atoms. The molecule has 2 aliphatic heterocycles. The number of hydrogen-bond donors (Lipinski definition) is 3. The molecule has 3 N–H and O–H groups in total. The summed E-state index contributed by atoms with van der Waals surface area (Å²) in [5.41, 5.74) is -0.317. The SMILES string of the molecule is CC(C)(C)CCN1C(=O)C(C2=CS(=O)(=O)c3cc(NS(C)(=O)=O)ccc3N2)=C(O)[C@@H]1C(C)(C)C. The van der Waals surface area contributed by atoms with Crippen molar-refractivity contribution in [2.24, 2.45) is 10.8 Å². The highest BCUT2D eigenvalue weighted by Gasteiger charge is 2.47. The molecule has 0 aliphatic carbocycles. The molecule has 3 rings (SSSR count). The van der Waals surface area contributed by atoms with Gasteiger partial charge in [0.05, 0.1) is 34.0 Å². The number of sulfone groups is 1. The van der Waals surface area contributed by atoms with E-state index in [1.54, 1.807) is 4.90 Å². The van der Waals surface area contributed by atoms with E-state index < -0.39 is 37.2 Å². The quantitative estimate of drug-likeness (QED) is 0.550. The number of benzene rings is 1. The molecule has 0 aromatic heterocycles. The Morgan fingerprint density at radius 3 is 2.29 bits per heavy atom. The number of aliphatic hydroxyl groups is 1. The summed E-state index contributed by atoms with van der Waals surface area (Å²) < 4.78 is 51.4. The van der Waals surface area contributed by atoms with Gasteiger partial charge < -0.3 is 15.3 Å². The van der Waals surface area contributed by atoms with E-state index in [-0.39, 0.29) is 38.7 Å². The molecule has 34 heavy (non-hydrogen) atoms. The maximum Gasteiger partial charge on any atom is 0.260 e. The first-order valence-electron chi connectivity index (χ1n) is 10.9. The van der Waals surface area contributed by atoms with E-state index in [2.05, 4.69) is 30.8 Å². The lowest BCUT2D eigenvalue weighted by molar-refractivity contribution is -0.129. The zero-order chi connectivity index (χ0) is 25.9. The number of fused-ring (bicyclic) bond motifs is 1. The van der Waals surface area contributed by atoms with Crippen molar-refractivity contribution in [1.29, 1.82) is 0 Å². The topological polar surface area (TPSA) is 133 Å². The molecular formula is C23H33N3O6S2. The zero-order valence-corrected chi connectivity index (χ0v) is 22.2. The standard InChI is InChI=1S/C23H33N3O6S2/c1-22(2,3)10-11-26-20(23(4,5)6)19(27)18(21(26)28)16-13-34(31,32)17-12-14(25-33(7,29)30)8-9-15(17)24-16/h8-9,12-13,20,24-25,27H,10-11H2,1-7H3/t20-/m1/s1. The van der Waals surface area contributed by atoms with E-state index in [0.29, 0.717) is 13.0 Å². The van der Waals surface area contributed by atoms with Crippen LogP contribution in [0, 0.1) is 10.8 Å². The van der Waals surface area contributed by atoms with Gasteiger partial charge in [-0.05, 0) is 35.4 Å². The zero-order valence-electron chi connectivity index (χ0n) is 20.6. The van der Waals surface area contributed by atoms with Crippen LogP contribution in [0.1, 0.15) is 48.0 Å². The van der Waals surface area contributed by atoms with Gasteiger partial charge in [-0.15, -0.1) is 0 Å². The van der Waals surface area contributed by atoms with Crippen molar-refractivity contribution in [1.82, 2.24) is 4.90 Å². The summed E-state index contributed by atoms with van der Waals surface area (Å²) in [5, 5.41) is 15.0. The minimum absolute atomic E-state index is 0.00803. The molecule has 2 heterocycles. The van der Waals surface area contributed by atoms with Crippen molar-refractivity contribution >= 4 is 37.1 Å². The van der Waals surface area contributed by atoms with Gasteiger partial charge in [-0.2, -0.15) is 0 Å². The van der Waals surface area contributed by atoms with E-state index >= 15 is 0 Å². The molecule has 0 spiro atoms. The largest absolute Gasteiger partial charge is 0.509 e. The Labute approximate surface area is 201 Å². The van der Waals surface area contributed by atoms with Gasteiger partial charge in [0.1, 0.15) is 11.3 Å². The number of nitrogens with zero attached hydrogens (tertiary/aromatic N) is 1. The number of hydrogen-bond acceptors (Lipinski definition) is 7. The Kier molecular flexibility index (Phi) is 6.37. The second-order valence-electron chi connectivity index (χ2n) is 11.1. The molecule has 0 radical (unpaired) electrons. The Hall–Kier alpha value is -2.53. The minimum Gasteiger partial charge on any atom is -0.509 e. The third-order valence-corrected chi connectivity index (χ3v) is 7.73. The van der Waals surface area contributed by atoms with Crippen LogP contribution < -0.4 is 10.0 Å². The summed E-state index contributed by atoms with van der Waals surface area (Å²) >= 11 is 0. The Morgan fingerprint density at radius 1 is 1.15 bits per heavy atom. The van der Waals surface area contributed by atoms with Crippen LogP contribution in [0.5, 0.6) is 0 Å². The van der Waals surface area contributed by atoms with Crippen LogP contribution in [-0.4, -0.2) is 51.6 Å². The lowest BCUT2D eigenvalue weighted by Crippen LogP contribution is -2.45. The smallest absolute Gasteiger partial charge is 0.260 e. The molecule has 11 heteroatoms. The maximum atomic E-state index is 13.5. The van der Waals surface area contributed by atoms with Gasteiger partial charge in [0.25, 0.3) is 5.91 Å². The first kappa shape index (κ1) is 26.1. The van der Waals surface area contributed by atoms with Crippen LogP contribution in [0.2, 0.25) is 0 Å². The highest BCUT2D eigenvalue weighted by molar-refractivity contribution is 7.94. The Balaban J connectivity index is 2.04. The van der Waals surface area contributed by atoms with Crippen LogP contribution in [0.3, 0.4) is 0 Å². The number of rotatable bonds is 5. The molecule has 1 atom stereocenters. The molecule has 1 aromatic carbocycles. The second kappa shape index (κ2) is 8.30. The van der Waals surface area contributed by atoms with Crippen molar-refractivity contribution < 1.29 is 26.7 Å². The van der Waals surface area contributed by atoms with Crippen molar-refractivity contribution in [3.63, 3.8) is 0 Å². The summed E-state index contributed by atoms with van der Waals surface area (Å²) in [6, 6.07) is 3.45. The summed E-state index contributed by atoms with van der Waals surface area (Å²) in [4.78, 5) is 15.0. The first-order chi connectivity index (χ1) is 15.3. The number of carbonyl (C=O) groups excluding carboxylic acids is 1. The molecule has 0 fully saturated rings. The molecule has 2 aliphatic rings. The summed E-state index contributed by atoms with van der Waals surface area (Å²) in [6.45, 7) is 12.4. The van der Waals surface area contributed by atoms with Crippen molar-refractivity contribution in [3.8, 4) is 0 Å². The average Bonchev–Trinajstić information content (AvgIpc) is 2.88. The predicted octanol–water partition coefficient (Wildman–Crippen LogP) is 3.60. The fourth-order valence-electron chi connectivity index (χ4n) is 4.13. The van der Waals surface area contributed by atoms with Gasteiger partial charge in [-0.1, -0.05) is 41.5 Å². The van der Waals surface area contributed by atoms with Gasteiger partial charge in [-0.25, -0.2) is 16.8 Å². The lowest BCUT2D eigenvalue weighted by atomic mass is 9.84. The molecule has 1 amide bonds. The van der Waals surface area contributed by atoms with Crippen molar-refractivity contribution in [2.75, 3.05) is 22.8 Å². The lowest BCUT2D eigenvalue weighted by Gasteiger charge is -2.36. The molecule has 1 aromatic rings. The highest BCUT2D eigenvalue weighted by atomic mass is 32.2. The fourth-order valence-corrected chi connectivity index (χ4v) is 6.01. The fraction of sp³-hybridized carbons (Fsp3) is 0.522.